The van der Waals surface area contributed by atoms with Crippen LogP contribution in [0.3, 0.4) is 0 Å². The third kappa shape index (κ3) is 6.43. The van der Waals surface area contributed by atoms with Crippen molar-refractivity contribution in [2.45, 2.75) is 26.7 Å². The Kier molecular flexibility index (Phi) is 4.87. The summed E-state index contributed by atoms with van der Waals surface area (Å²) in [6.07, 6.45) is 4.00. The molecule has 0 spiro atoms. The van der Waals surface area contributed by atoms with Gasteiger partial charge < -0.3 is 0 Å². The summed E-state index contributed by atoms with van der Waals surface area (Å²) in [6, 6.07) is 0. The van der Waals surface area contributed by atoms with E-state index in [0.29, 0.717) is 0 Å². The summed E-state index contributed by atoms with van der Waals surface area (Å²) in [7, 11) is 2.74. The second kappa shape index (κ2) is 4.59. The molecule has 0 rings (SSSR count). The molecule has 0 aliphatic carbocycles. The summed E-state index contributed by atoms with van der Waals surface area (Å²) in [6.45, 7) is 4.53. The van der Waals surface area contributed by atoms with Gasteiger partial charge in [-0.2, -0.15) is 0 Å². The van der Waals surface area contributed by atoms with Crippen LogP contribution in [0, 0.1) is 5.92 Å². The Balaban J connectivity index is 2.68. The lowest BCUT2D eigenvalue weighted by Crippen LogP contribution is -1.85. The Morgan fingerprint density at radius 3 is 2.14 bits per heavy atom. The highest BCUT2D eigenvalue weighted by Gasteiger charge is 1.88. The van der Waals surface area contributed by atoms with Crippen LogP contribution >= 0.6 is 9.24 Å². The van der Waals surface area contributed by atoms with E-state index in [1.807, 2.05) is 0 Å². The van der Waals surface area contributed by atoms with Gasteiger partial charge in [-0.25, -0.2) is 0 Å². The molecule has 0 amide bonds. The standard InChI is InChI=1S/C6H15P/c1-6(2)4-3-5-7/h6H,3-5,7H2,1-2H3. The molecule has 0 fully saturated rings. The average molecular weight is 118 g/mol. The molecule has 0 aromatic rings. The summed E-state index contributed by atoms with van der Waals surface area (Å²) in [5.74, 6) is 0.889. The lowest BCUT2D eigenvalue weighted by atomic mass is 10.1. The van der Waals surface area contributed by atoms with Gasteiger partial charge in [0.1, 0.15) is 0 Å². The fourth-order valence-corrected chi connectivity index (χ4v) is 0.762. The van der Waals surface area contributed by atoms with Crippen molar-refractivity contribution in [1.82, 2.24) is 0 Å². The van der Waals surface area contributed by atoms with Gasteiger partial charge in [-0.05, 0) is 18.5 Å². The first-order valence-corrected chi connectivity index (χ1v) is 3.79. The molecule has 44 valence electrons. The molecule has 1 atom stereocenters. The second-order valence-corrected chi connectivity index (χ2v) is 2.90. The maximum atomic E-state index is 2.74. The molecule has 0 radical (unpaired) electrons. The van der Waals surface area contributed by atoms with Crippen molar-refractivity contribution in [2.24, 2.45) is 5.92 Å². The molecule has 0 bridgehead atoms. The molecule has 0 heterocycles. The predicted molar refractivity (Wildman–Crippen MR) is 38.6 cm³/mol. The van der Waals surface area contributed by atoms with Gasteiger partial charge in [0.15, 0.2) is 0 Å². The van der Waals surface area contributed by atoms with E-state index in [0.717, 1.165) is 5.92 Å². The molecular formula is C6H15P. The largest absolute Gasteiger partial charge is 0.138 e. The van der Waals surface area contributed by atoms with Crippen LogP contribution < -0.4 is 0 Å². The molecule has 0 nitrogen and oxygen atoms in total. The maximum Gasteiger partial charge on any atom is -0.0381 e. The van der Waals surface area contributed by atoms with Crippen molar-refractivity contribution >= 4 is 9.24 Å². The van der Waals surface area contributed by atoms with E-state index < -0.39 is 0 Å². The zero-order valence-electron chi connectivity index (χ0n) is 5.28. The van der Waals surface area contributed by atoms with Crippen molar-refractivity contribution in [3.63, 3.8) is 0 Å². The fraction of sp³-hybridized carbons (Fsp3) is 1.00. The highest BCUT2D eigenvalue weighted by Crippen LogP contribution is 2.04. The third-order valence-corrected chi connectivity index (χ3v) is 1.39. The van der Waals surface area contributed by atoms with Crippen LogP contribution in [0.2, 0.25) is 0 Å². The van der Waals surface area contributed by atoms with Crippen molar-refractivity contribution in [3.05, 3.63) is 0 Å². The highest BCUT2D eigenvalue weighted by atomic mass is 31.0. The van der Waals surface area contributed by atoms with Gasteiger partial charge >= 0.3 is 0 Å². The van der Waals surface area contributed by atoms with Crippen molar-refractivity contribution in [3.8, 4) is 0 Å². The van der Waals surface area contributed by atoms with E-state index >= 15 is 0 Å². The molecule has 0 aliphatic heterocycles. The Morgan fingerprint density at radius 2 is 2.00 bits per heavy atom. The molecular weight excluding hydrogens is 103 g/mol. The van der Waals surface area contributed by atoms with Crippen molar-refractivity contribution in [2.75, 3.05) is 6.16 Å². The van der Waals surface area contributed by atoms with E-state index in [-0.39, 0.29) is 0 Å². The quantitative estimate of drug-likeness (QED) is 0.499. The monoisotopic (exact) mass is 118 g/mol. The van der Waals surface area contributed by atoms with Crippen molar-refractivity contribution < 1.29 is 0 Å². The Labute approximate surface area is 48.9 Å². The summed E-state index contributed by atoms with van der Waals surface area (Å²) in [5.41, 5.74) is 0. The predicted octanol–water partition coefficient (Wildman–Crippen LogP) is 2.30. The molecule has 0 saturated carbocycles. The summed E-state index contributed by atoms with van der Waals surface area (Å²) in [5, 5.41) is 0. The smallest absolute Gasteiger partial charge is 0.0381 e. The second-order valence-electron chi connectivity index (χ2n) is 2.32. The molecule has 0 aromatic carbocycles. The minimum Gasteiger partial charge on any atom is -0.138 e. The molecule has 0 saturated heterocycles. The van der Waals surface area contributed by atoms with Gasteiger partial charge in [-0.15, -0.1) is 9.24 Å². The lowest BCUT2D eigenvalue weighted by Gasteiger charge is -1.98. The minimum atomic E-state index is 0.889. The molecule has 0 N–H and O–H groups in total. The van der Waals surface area contributed by atoms with Crippen LogP contribution in [0.15, 0.2) is 0 Å². The topological polar surface area (TPSA) is 0 Å². The van der Waals surface area contributed by atoms with E-state index in [2.05, 4.69) is 23.1 Å². The fourth-order valence-electron chi connectivity index (χ4n) is 0.526. The maximum absolute atomic E-state index is 2.74. The number of hydrogen-bond donors (Lipinski definition) is 0. The number of rotatable bonds is 3. The summed E-state index contributed by atoms with van der Waals surface area (Å²) >= 11 is 0. The summed E-state index contributed by atoms with van der Waals surface area (Å²) in [4.78, 5) is 0. The zero-order chi connectivity index (χ0) is 5.70. The third-order valence-electron chi connectivity index (χ3n) is 0.986. The Bertz CT molecular complexity index is 33.2. The first kappa shape index (κ1) is 7.43. The first-order chi connectivity index (χ1) is 3.27. The van der Waals surface area contributed by atoms with Crippen LogP contribution in [0.5, 0.6) is 0 Å². The lowest BCUT2D eigenvalue weighted by molar-refractivity contribution is 0.579. The van der Waals surface area contributed by atoms with E-state index in [1.165, 1.54) is 19.0 Å². The Hall–Kier alpha value is 0.430. The van der Waals surface area contributed by atoms with E-state index in [4.69, 9.17) is 0 Å². The molecule has 0 aromatic heterocycles. The van der Waals surface area contributed by atoms with Crippen molar-refractivity contribution in [1.29, 1.82) is 0 Å². The minimum absolute atomic E-state index is 0.889. The average Bonchev–Trinajstić information content (AvgIpc) is 1.61. The first-order valence-electron chi connectivity index (χ1n) is 2.97. The molecule has 1 heteroatoms. The van der Waals surface area contributed by atoms with Gasteiger partial charge in [0.25, 0.3) is 0 Å². The van der Waals surface area contributed by atoms with Gasteiger partial charge in [0.2, 0.25) is 0 Å². The normalized spacial score (nSPS) is 10.3. The van der Waals surface area contributed by atoms with Crippen LogP contribution in [-0.2, 0) is 0 Å². The van der Waals surface area contributed by atoms with Gasteiger partial charge in [0, 0.05) is 0 Å². The molecule has 0 aliphatic rings. The zero-order valence-corrected chi connectivity index (χ0v) is 6.43. The van der Waals surface area contributed by atoms with Gasteiger partial charge in [0.05, 0.1) is 0 Å². The number of hydrogen-bond acceptors (Lipinski definition) is 0. The van der Waals surface area contributed by atoms with E-state index in [1.54, 1.807) is 0 Å². The highest BCUT2D eigenvalue weighted by molar-refractivity contribution is 7.16. The van der Waals surface area contributed by atoms with Crippen LogP contribution in [0.25, 0.3) is 0 Å². The molecule has 1 unspecified atom stereocenters. The van der Waals surface area contributed by atoms with Gasteiger partial charge in [-0.1, -0.05) is 20.3 Å². The van der Waals surface area contributed by atoms with Crippen LogP contribution in [0.4, 0.5) is 0 Å². The summed E-state index contributed by atoms with van der Waals surface area (Å²) < 4.78 is 0. The molecule has 7 heavy (non-hydrogen) atoms. The van der Waals surface area contributed by atoms with E-state index in [9.17, 15) is 0 Å². The Morgan fingerprint density at radius 1 is 1.43 bits per heavy atom. The van der Waals surface area contributed by atoms with Crippen LogP contribution in [0.1, 0.15) is 26.7 Å². The van der Waals surface area contributed by atoms with Gasteiger partial charge in [-0.3, -0.25) is 0 Å². The SMILES string of the molecule is CC(C)CCCP. The van der Waals surface area contributed by atoms with Crippen LogP contribution in [-0.4, -0.2) is 6.16 Å².